The van der Waals surface area contributed by atoms with Crippen LogP contribution in [0, 0.1) is 24.0 Å². The average molecular weight is 389 g/mol. The molecule has 0 N–H and O–H groups in total. The molecule has 3 aromatic rings. The van der Waals surface area contributed by atoms with Gasteiger partial charge >= 0.3 is 0 Å². The fourth-order valence-electron chi connectivity index (χ4n) is 3.04. The van der Waals surface area contributed by atoms with Crippen LogP contribution in [0.5, 0.6) is 0 Å². The smallest absolute Gasteiger partial charge is 0.270 e. The monoisotopic (exact) mass is 389 g/mol. The second-order valence-electron chi connectivity index (χ2n) is 5.90. The molecule has 2 heterocycles. The van der Waals surface area contributed by atoms with E-state index >= 15 is 0 Å². The van der Waals surface area contributed by atoms with Crippen LogP contribution in [0.15, 0.2) is 41.6 Å². The van der Waals surface area contributed by atoms with E-state index in [0.717, 1.165) is 10.2 Å². The van der Waals surface area contributed by atoms with Gasteiger partial charge in [-0.2, -0.15) is 0 Å². The highest BCUT2D eigenvalue weighted by atomic mass is 32.2. The molecule has 0 saturated heterocycles. The lowest BCUT2D eigenvalue weighted by molar-refractivity contribution is -0.384. The molecule has 0 amide bonds. The van der Waals surface area contributed by atoms with Crippen LogP contribution in [-0.4, -0.2) is 28.8 Å². The highest BCUT2D eigenvalue weighted by Gasteiger charge is 2.33. The fraction of sp³-hybridized carbons (Fsp3) is 0.176. The average Bonchev–Trinajstić information content (AvgIpc) is 3.16. The molecule has 0 saturated carbocycles. The summed E-state index contributed by atoms with van der Waals surface area (Å²) in [5, 5.41) is 13.8. The number of nitrogens with zero attached hydrogens (tertiary/aromatic N) is 3. The summed E-state index contributed by atoms with van der Waals surface area (Å²) in [6, 6.07) is 3.65. The number of carbonyl (C=O) groups is 1. The molecule has 0 bridgehead atoms. The summed E-state index contributed by atoms with van der Waals surface area (Å²) in [5.74, 6) is 0.337. The maximum atomic E-state index is 13.3. The Bertz CT molecular complexity index is 1170. The Hall–Kier alpha value is -3.27. The van der Waals surface area contributed by atoms with Crippen LogP contribution < -0.4 is 0 Å². The maximum Gasteiger partial charge on any atom is 0.270 e. The molecule has 0 fully saturated rings. The minimum atomic E-state index is -4.10. The molecular weight excluding hydrogens is 374 g/mol. The first kappa shape index (κ1) is 18.5. The fourth-order valence-corrected chi connectivity index (χ4v) is 4.85. The molecule has 3 rings (SSSR count). The number of aryl methyl sites for hydroxylation is 2. The van der Waals surface area contributed by atoms with E-state index in [9.17, 15) is 23.3 Å². The van der Waals surface area contributed by atoms with Crippen molar-refractivity contribution in [2.45, 2.75) is 19.1 Å². The maximum absolute atomic E-state index is 13.3. The molecule has 1 unspecified atom stereocenters. The Morgan fingerprint density at radius 1 is 1.37 bits per heavy atom. The first-order valence-corrected chi connectivity index (χ1v) is 9.27. The Morgan fingerprint density at radius 2 is 2.07 bits per heavy atom. The summed E-state index contributed by atoms with van der Waals surface area (Å²) >= 11 is 0. The van der Waals surface area contributed by atoms with Gasteiger partial charge in [-0.05, 0) is 19.9 Å². The zero-order chi connectivity index (χ0) is 19.9. The number of carbonyl (C=O) groups excluding carboxylic acids is 1. The topological polar surface area (TPSA) is 125 Å². The number of aldehydes is 1. The Balaban J connectivity index is 2.28. The van der Waals surface area contributed by atoms with Gasteiger partial charge in [0.25, 0.3) is 5.69 Å². The minimum Gasteiger partial charge on any atom is -0.361 e. The number of aromatic nitrogens is 2. The zero-order valence-electron chi connectivity index (χ0n) is 14.4. The van der Waals surface area contributed by atoms with Crippen molar-refractivity contribution in [2.24, 2.45) is 0 Å². The summed E-state index contributed by atoms with van der Waals surface area (Å²) in [4.78, 5) is 21.8. The number of hydrogen-bond acceptors (Lipinski definition) is 7. The van der Waals surface area contributed by atoms with Crippen LogP contribution in [0.25, 0.3) is 10.9 Å². The molecule has 0 spiro atoms. The van der Waals surface area contributed by atoms with E-state index in [-0.39, 0.29) is 22.2 Å². The molecule has 0 aliphatic carbocycles. The van der Waals surface area contributed by atoms with Gasteiger partial charge in [0.05, 0.1) is 16.1 Å². The van der Waals surface area contributed by atoms with Crippen molar-refractivity contribution < 1.29 is 22.7 Å². The third-order valence-corrected chi connectivity index (χ3v) is 6.23. The van der Waals surface area contributed by atoms with Crippen LogP contribution in [0.1, 0.15) is 32.6 Å². The lowest BCUT2D eigenvalue weighted by atomic mass is 10.1. The van der Waals surface area contributed by atoms with Gasteiger partial charge in [-0.25, -0.2) is 12.4 Å². The van der Waals surface area contributed by atoms with Crippen molar-refractivity contribution in [1.82, 2.24) is 9.13 Å². The molecule has 2 aromatic heterocycles. The molecular formula is C17H15N3O6S. The van der Waals surface area contributed by atoms with Crippen LogP contribution in [0.2, 0.25) is 0 Å². The van der Waals surface area contributed by atoms with Gasteiger partial charge < -0.3 is 4.52 Å². The van der Waals surface area contributed by atoms with Crippen molar-refractivity contribution in [3.05, 3.63) is 69.7 Å². The molecule has 1 aromatic carbocycles. The van der Waals surface area contributed by atoms with Gasteiger partial charge in [-0.3, -0.25) is 14.9 Å². The molecule has 27 heavy (non-hydrogen) atoms. The third-order valence-electron chi connectivity index (χ3n) is 4.30. The summed E-state index contributed by atoms with van der Waals surface area (Å²) in [6.07, 6.45) is 2.85. The lowest BCUT2D eigenvalue weighted by Crippen LogP contribution is -2.20. The van der Waals surface area contributed by atoms with Crippen molar-refractivity contribution in [2.75, 3.05) is 0 Å². The summed E-state index contributed by atoms with van der Waals surface area (Å²) in [7, 11) is -4.10. The van der Waals surface area contributed by atoms with Gasteiger partial charge in [0, 0.05) is 34.8 Å². The van der Waals surface area contributed by atoms with Crippen molar-refractivity contribution in [1.29, 1.82) is 0 Å². The Kier molecular flexibility index (Phi) is 4.44. The predicted molar refractivity (Wildman–Crippen MR) is 97.2 cm³/mol. The van der Waals surface area contributed by atoms with Crippen LogP contribution in [0.4, 0.5) is 5.69 Å². The van der Waals surface area contributed by atoms with E-state index in [1.807, 2.05) is 0 Å². The molecule has 1 atom stereocenters. The molecule has 0 aliphatic rings. The summed E-state index contributed by atoms with van der Waals surface area (Å²) in [6.45, 7) is 6.82. The number of benzene rings is 1. The highest BCUT2D eigenvalue weighted by molar-refractivity contribution is 7.90. The van der Waals surface area contributed by atoms with Gasteiger partial charge in [0.15, 0.2) is 6.29 Å². The van der Waals surface area contributed by atoms with Gasteiger partial charge in [-0.1, -0.05) is 11.2 Å². The second kappa shape index (κ2) is 6.47. The Labute approximate surface area is 154 Å². The lowest BCUT2D eigenvalue weighted by Gasteiger charge is -2.15. The Morgan fingerprint density at radius 3 is 2.59 bits per heavy atom. The quantitative estimate of drug-likeness (QED) is 0.274. The molecule has 9 nitrogen and oxygen atoms in total. The zero-order valence-corrected chi connectivity index (χ0v) is 15.3. The molecule has 0 radical (unpaired) electrons. The van der Waals surface area contributed by atoms with Gasteiger partial charge in [-0.15, -0.1) is 6.58 Å². The number of nitro groups is 1. The minimum absolute atomic E-state index is 0.0267. The van der Waals surface area contributed by atoms with E-state index in [2.05, 4.69) is 11.7 Å². The second-order valence-corrected chi connectivity index (χ2v) is 7.83. The summed E-state index contributed by atoms with van der Waals surface area (Å²) in [5.41, 5.74) is 0.706. The van der Waals surface area contributed by atoms with E-state index < -0.39 is 20.2 Å². The SMILES string of the molecule is C=CC(c1c(C)noc1C)S(=O)(=O)n1cc(C=O)c2cc([N+](=O)[O-])ccc21. The number of rotatable bonds is 6. The first-order chi connectivity index (χ1) is 12.7. The van der Waals surface area contributed by atoms with E-state index in [1.165, 1.54) is 24.3 Å². The highest BCUT2D eigenvalue weighted by Crippen LogP contribution is 2.34. The van der Waals surface area contributed by atoms with Crippen LogP contribution in [-0.2, 0) is 10.0 Å². The van der Waals surface area contributed by atoms with Crippen LogP contribution in [0.3, 0.4) is 0 Å². The number of non-ortho nitro benzene ring substituents is 1. The van der Waals surface area contributed by atoms with Gasteiger partial charge in [0.2, 0.25) is 10.0 Å². The van der Waals surface area contributed by atoms with Crippen molar-refractivity contribution in [3.8, 4) is 0 Å². The van der Waals surface area contributed by atoms with Crippen molar-refractivity contribution >= 4 is 32.9 Å². The van der Waals surface area contributed by atoms with Gasteiger partial charge in [0.1, 0.15) is 11.0 Å². The molecule has 10 heteroatoms. The van der Waals surface area contributed by atoms with E-state index in [4.69, 9.17) is 4.52 Å². The third kappa shape index (κ3) is 2.83. The van der Waals surface area contributed by atoms with Crippen LogP contribution >= 0.6 is 0 Å². The number of hydrogen-bond donors (Lipinski definition) is 0. The first-order valence-electron chi connectivity index (χ1n) is 7.76. The standard InChI is InChI=1S/C17H15N3O6S/c1-4-16(17-10(2)18-26-11(17)3)27(24,25)19-8-12(9-21)14-7-13(20(22)23)5-6-15(14)19/h4-9,16H,1H2,2-3H3. The molecule has 140 valence electrons. The number of fused-ring (bicyclic) bond motifs is 1. The molecule has 0 aliphatic heterocycles. The predicted octanol–water partition coefficient (Wildman–Crippen LogP) is 3.07. The normalized spacial score (nSPS) is 12.8. The van der Waals surface area contributed by atoms with Crippen molar-refractivity contribution in [3.63, 3.8) is 0 Å². The van der Waals surface area contributed by atoms with E-state index in [1.54, 1.807) is 13.8 Å². The largest absolute Gasteiger partial charge is 0.361 e. The summed E-state index contributed by atoms with van der Waals surface area (Å²) < 4.78 is 32.6. The van der Waals surface area contributed by atoms with E-state index in [0.29, 0.717) is 23.3 Å². The number of nitro benzene ring substituents is 1.